The van der Waals surface area contributed by atoms with E-state index in [-0.39, 0.29) is 17.9 Å². The number of hydrogen-bond acceptors (Lipinski definition) is 4. The van der Waals surface area contributed by atoms with Crippen LogP contribution in [0.1, 0.15) is 5.56 Å². The van der Waals surface area contributed by atoms with Gasteiger partial charge >= 0.3 is 0 Å². The van der Waals surface area contributed by atoms with Gasteiger partial charge in [-0.15, -0.1) is 0 Å². The van der Waals surface area contributed by atoms with Gasteiger partial charge in [-0.1, -0.05) is 23.7 Å². The molecule has 2 aliphatic rings. The van der Waals surface area contributed by atoms with E-state index in [1.165, 1.54) is 12.7 Å². The minimum absolute atomic E-state index is 0.0158. The van der Waals surface area contributed by atoms with E-state index in [0.717, 1.165) is 31.3 Å². The van der Waals surface area contributed by atoms with Crippen molar-refractivity contribution in [2.75, 3.05) is 46.6 Å². The predicted molar refractivity (Wildman–Crippen MR) is 88.4 cm³/mol. The largest absolute Gasteiger partial charge is 0.380 e. The molecular formula is C17H23ClN2O3. The zero-order chi connectivity index (χ0) is 16.3. The lowest BCUT2D eigenvalue weighted by atomic mass is 9.81. The van der Waals surface area contributed by atoms with Crippen LogP contribution in [0.25, 0.3) is 0 Å². The van der Waals surface area contributed by atoms with E-state index in [4.69, 9.17) is 21.1 Å². The number of rotatable bonds is 6. The Kier molecular flexibility index (Phi) is 5.21. The second-order valence-electron chi connectivity index (χ2n) is 6.58. The molecule has 2 saturated heterocycles. The molecule has 3 rings (SSSR count). The van der Waals surface area contributed by atoms with Crippen LogP contribution in [0.3, 0.4) is 0 Å². The zero-order valence-electron chi connectivity index (χ0n) is 13.4. The second kappa shape index (κ2) is 7.18. The molecule has 1 amide bonds. The number of halogens is 1. The monoisotopic (exact) mass is 338 g/mol. The van der Waals surface area contributed by atoms with Crippen molar-refractivity contribution in [3.05, 3.63) is 34.9 Å². The van der Waals surface area contributed by atoms with Gasteiger partial charge < -0.3 is 14.8 Å². The summed E-state index contributed by atoms with van der Waals surface area (Å²) in [5.41, 5.74) is 1.24. The van der Waals surface area contributed by atoms with Crippen molar-refractivity contribution >= 4 is 17.5 Å². The summed E-state index contributed by atoms with van der Waals surface area (Å²) in [5.74, 6) is 0.394. The fraction of sp³-hybridized carbons (Fsp3) is 0.588. The molecule has 6 heteroatoms. The van der Waals surface area contributed by atoms with Gasteiger partial charge in [-0.2, -0.15) is 0 Å². The lowest BCUT2D eigenvalue weighted by Crippen LogP contribution is -2.44. The molecule has 126 valence electrons. The second-order valence-corrected chi connectivity index (χ2v) is 7.02. The maximum absolute atomic E-state index is 11.7. The number of carbonyl (C=O) groups excluding carboxylic acids is 1. The van der Waals surface area contributed by atoms with E-state index in [1.54, 1.807) is 0 Å². The Hall–Kier alpha value is -1.14. The molecule has 2 atom stereocenters. The van der Waals surface area contributed by atoms with Crippen LogP contribution in [0.4, 0.5) is 0 Å². The summed E-state index contributed by atoms with van der Waals surface area (Å²) in [5, 5.41) is 3.76. The summed E-state index contributed by atoms with van der Waals surface area (Å²) in [6.07, 6.45) is 0. The minimum Gasteiger partial charge on any atom is -0.380 e. The highest BCUT2D eigenvalue weighted by Crippen LogP contribution is 2.41. The van der Waals surface area contributed by atoms with Crippen molar-refractivity contribution in [1.82, 2.24) is 10.2 Å². The van der Waals surface area contributed by atoms with E-state index in [9.17, 15) is 4.79 Å². The summed E-state index contributed by atoms with van der Waals surface area (Å²) in [6.45, 7) is 5.03. The summed E-state index contributed by atoms with van der Waals surface area (Å²) in [6, 6.07) is 7.99. The molecule has 2 aliphatic heterocycles. The lowest BCUT2D eigenvalue weighted by Gasteiger charge is -2.27. The van der Waals surface area contributed by atoms with Gasteiger partial charge in [0.25, 0.3) is 0 Å². The van der Waals surface area contributed by atoms with Crippen molar-refractivity contribution < 1.29 is 14.3 Å². The molecule has 0 unspecified atom stereocenters. The number of hydrogen-bond donors (Lipinski definition) is 1. The first-order valence-corrected chi connectivity index (χ1v) is 8.29. The third-order valence-electron chi connectivity index (χ3n) is 4.80. The van der Waals surface area contributed by atoms with E-state index in [1.807, 2.05) is 18.2 Å². The van der Waals surface area contributed by atoms with Crippen LogP contribution in [0.15, 0.2) is 24.3 Å². The number of fused-ring (bicyclic) bond motifs is 1. The van der Waals surface area contributed by atoms with Crippen LogP contribution >= 0.6 is 11.6 Å². The highest BCUT2D eigenvalue weighted by molar-refractivity contribution is 6.30. The van der Waals surface area contributed by atoms with E-state index in [2.05, 4.69) is 16.3 Å². The Bertz CT molecular complexity index is 569. The molecule has 1 N–H and O–H groups in total. The number of methoxy groups -OCH3 is 1. The molecular weight excluding hydrogens is 316 g/mol. The fourth-order valence-electron chi connectivity index (χ4n) is 3.66. The van der Waals surface area contributed by atoms with Crippen LogP contribution in [-0.2, 0) is 20.8 Å². The maximum Gasteiger partial charge on any atom is 0.246 e. The average Bonchev–Trinajstić information content (AvgIpc) is 3.02. The van der Waals surface area contributed by atoms with Gasteiger partial charge in [0.1, 0.15) is 6.61 Å². The third kappa shape index (κ3) is 3.86. The molecule has 0 bridgehead atoms. The predicted octanol–water partition coefficient (Wildman–Crippen LogP) is 1.55. The number of carbonyl (C=O) groups is 1. The maximum atomic E-state index is 11.7. The Morgan fingerprint density at radius 1 is 1.57 bits per heavy atom. The highest BCUT2D eigenvalue weighted by atomic mass is 35.5. The van der Waals surface area contributed by atoms with Crippen molar-refractivity contribution in [3.63, 3.8) is 0 Å². The molecule has 2 fully saturated rings. The molecule has 1 aromatic rings. The van der Waals surface area contributed by atoms with Gasteiger partial charge in [-0.05, 0) is 17.7 Å². The van der Waals surface area contributed by atoms with Crippen molar-refractivity contribution in [2.45, 2.75) is 6.54 Å². The Balaban J connectivity index is 1.61. The molecule has 0 saturated carbocycles. The summed E-state index contributed by atoms with van der Waals surface area (Å²) in [4.78, 5) is 14.1. The first kappa shape index (κ1) is 16.7. The van der Waals surface area contributed by atoms with Crippen molar-refractivity contribution in [1.29, 1.82) is 0 Å². The summed E-state index contributed by atoms with van der Waals surface area (Å²) < 4.78 is 10.6. The molecule has 23 heavy (non-hydrogen) atoms. The molecule has 0 aromatic heterocycles. The van der Waals surface area contributed by atoms with E-state index >= 15 is 0 Å². The summed E-state index contributed by atoms with van der Waals surface area (Å²) in [7, 11) is 1.53. The normalized spacial score (nSPS) is 27.1. The van der Waals surface area contributed by atoms with Gasteiger partial charge in [-0.3, -0.25) is 9.69 Å². The number of nitrogens with one attached hydrogen (secondary N) is 1. The van der Waals surface area contributed by atoms with Crippen LogP contribution in [-0.4, -0.2) is 57.4 Å². The Morgan fingerprint density at radius 3 is 3.22 bits per heavy atom. The fourth-order valence-corrected chi connectivity index (χ4v) is 3.88. The molecule has 0 radical (unpaired) electrons. The third-order valence-corrected chi connectivity index (χ3v) is 5.04. The standard InChI is InChI=1S/C17H23ClN2O3/c1-22-9-16(21)19-10-17-11-20(7-14(17)8-23-12-17)6-13-3-2-4-15(18)5-13/h2-5,14H,6-12H2,1H3,(H,19,21)/t14-,17+/m0/s1. The highest BCUT2D eigenvalue weighted by Gasteiger charge is 2.50. The van der Waals surface area contributed by atoms with Crippen LogP contribution in [0, 0.1) is 11.3 Å². The zero-order valence-corrected chi connectivity index (χ0v) is 14.1. The lowest BCUT2D eigenvalue weighted by molar-refractivity contribution is -0.125. The Labute approximate surface area is 141 Å². The number of amides is 1. The number of nitrogens with zero attached hydrogens (tertiary/aromatic N) is 1. The van der Waals surface area contributed by atoms with E-state index in [0.29, 0.717) is 19.1 Å². The molecule has 5 nitrogen and oxygen atoms in total. The first-order valence-electron chi connectivity index (χ1n) is 7.91. The average molecular weight is 339 g/mol. The smallest absolute Gasteiger partial charge is 0.246 e. The topological polar surface area (TPSA) is 50.8 Å². The van der Waals surface area contributed by atoms with Gasteiger partial charge in [-0.25, -0.2) is 0 Å². The van der Waals surface area contributed by atoms with Gasteiger partial charge in [0.2, 0.25) is 5.91 Å². The van der Waals surface area contributed by atoms with Crippen LogP contribution in [0.5, 0.6) is 0 Å². The molecule has 0 aliphatic carbocycles. The Morgan fingerprint density at radius 2 is 2.43 bits per heavy atom. The molecule has 1 aromatic carbocycles. The SMILES string of the molecule is COCC(=O)NC[C@@]12COC[C@@H]1CN(Cc1cccc(Cl)c1)C2. The number of benzene rings is 1. The quantitative estimate of drug-likeness (QED) is 0.855. The van der Waals surface area contributed by atoms with Gasteiger partial charge in [0.05, 0.1) is 13.2 Å². The van der Waals surface area contributed by atoms with Crippen molar-refractivity contribution in [3.8, 4) is 0 Å². The minimum atomic E-state index is -0.0687. The van der Waals surface area contributed by atoms with Crippen LogP contribution in [0.2, 0.25) is 5.02 Å². The molecule has 2 heterocycles. The molecule has 0 spiro atoms. The van der Waals surface area contributed by atoms with Gasteiger partial charge in [0.15, 0.2) is 0 Å². The van der Waals surface area contributed by atoms with Crippen LogP contribution < -0.4 is 5.32 Å². The number of likely N-dealkylation sites (tertiary alicyclic amines) is 1. The number of ether oxygens (including phenoxy) is 2. The van der Waals surface area contributed by atoms with Crippen molar-refractivity contribution in [2.24, 2.45) is 11.3 Å². The van der Waals surface area contributed by atoms with E-state index < -0.39 is 0 Å². The van der Waals surface area contributed by atoms with Gasteiger partial charge in [0, 0.05) is 49.6 Å². The first-order chi connectivity index (χ1) is 11.1. The summed E-state index contributed by atoms with van der Waals surface area (Å²) >= 11 is 6.07.